The van der Waals surface area contributed by atoms with Crippen LogP contribution in [0.2, 0.25) is 0 Å². The predicted octanol–water partition coefficient (Wildman–Crippen LogP) is 3.72. The van der Waals surface area contributed by atoms with Crippen molar-refractivity contribution in [1.29, 1.82) is 0 Å². The van der Waals surface area contributed by atoms with Gasteiger partial charge in [0.15, 0.2) is 6.10 Å². The molecule has 2 N–H and O–H groups in total. The summed E-state index contributed by atoms with van der Waals surface area (Å²) >= 11 is 0. The molecule has 0 aliphatic rings. The zero-order valence-electron chi connectivity index (χ0n) is 17.0. The third kappa shape index (κ3) is 4.33. The van der Waals surface area contributed by atoms with Crippen molar-refractivity contribution < 1.29 is 27.6 Å². The number of anilines is 1. The molecule has 0 saturated carbocycles. The normalized spacial score (nSPS) is 12.8. The predicted molar refractivity (Wildman–Crippen MR) is 108 cm³/mol. The number of fused-ring (bicyclic) bond motifs is 1. The molecular weight excluding hydrogens is 427 g/mol. The van der Waals surface area contributed by atoms with E-state index >= 15 is 0 Å². The number of alkyl halides is 3. The fraction of sp³-hybridized carbons (Fsp3) is 0.238. The SMILES string of the molecule is Cc1ccn2c(C(=O)Nc3cc(-c4noc(C[C@@H](O)C(F)(F)F)n4)ccc3C)cnc2c1. The zero-order chi connectivity index (χ0) is 23.0. The van der Waals surface area contributed by atoms with E-state index in [9.17, 15) is 23.1 Å². The van der Waals surface area contributed by atoms with Crippen molar-refractivity contribution in [2.45, 2.75) is 32.5 Å². The second-order valence-corrected chi connectivity index (χ2v) is 7.33. The van der Waals surface area contributed by atoms with E-state index in [0.29, 0.717) is 22.6 Å². The highest BCUT2D eigenvalue weighted by Gasteiger charge is 2.39. The molecule has 4 aromatic rings. The number of carbonyl (C=O) groups is 1. The van der Waals surface area contributed by atoms with Crippen LogP contribution in [0.15, 0.2) is 47.2 Å². The molecular formula is C21H18F3N5O3. The Morgan fingerprint density at radius 1 is 1.25 bits per heavy atom. The Kier molecular flexibility index (Phi) is 5.43. The van der Waals surface area contributed by atoms with Gasteiger partial charge < -0.3 is 14.9 Å². The average molecular weight is 445 g/mol. The summed E-state index contributed by atoms with van der Waals surface area (Å²) < 4.78 is 44.1. The van der Waals surface area contributed by atoms with Crippen LogP contribution in [0.4, 0.5) is 18.9 Å². The minimum atomic E-state index is -4.79. The van der Waals surface area contributed by atoms with Crippen molar-refractivity contribution in [1.82, 2.24) is 19.5 Å². The third-order valence-electron chi connectivity index (χ3n) is 4.86. The number of halogens is 3. The average Bonchev–Trinajstić information content (AvgIpc) is 3.35. The molecule has 11 heteroatoms. The van der Waals surface area contributed by atoms with Crippen molar-refractivity contribution >= 4 is 17.2 Å². The standard InChI is InChI=1S/C21H18F3N5O3/c1-11-5-6-29-15(10-25-17(29)7-11)20(31)26-14-8-13(4-3-12(14)2)19-27-18(32-28-19)9-16(30)21(22,23)24/h3-8,10,16,30H,9H2,1-2H3,(H,26,31)/t16-/m1/s1. The number of carbonyl (C=O) groups excluding carboxylic acids is 1. The van der Waals surface area contributed by atoms with Crippen LogP contribution in [0.1, 0.15) is 27.5 Å². The fourth-order valence-corrected chi connectivity index (χ4v) is 3.07. The van der Waals surface area contributed by atoms with Crippen LogP contribution in [0, 0.1) is 13.8 Å². The van der Waals surface area contributed by atoms with Gasteiger partial charge in [-0.2, -0.15) is 18.2 Å². The lowest BCUT2D eigenvalue weighted by Gasteiger charge is -2.11. The summed E-state index contributed by atoms with van der Waals surface area (Å²) in [6.45, 7) is 3.72. The van der Waals surface area contributed by atoms with Gasteiger partial charge in [0.2, 0.25) is 11.7 Å². The molecule has 1 atom stereocenters. The number of rotatable bonds is 5. The number of aliphatic hydroxyl groups excluding tert-OH is 1. The van der Waals surface area contributed by atoms with Crippen LogP contribution in [0.3, 0.4) is 0 Å². The number of nitrogens with zero attached hydrogens (tertiary/aromatic N) is 4. The summed E-state index contributed by atoms with van der Waals surface area (Å²) in [5.74, 6) is -0.698. The molecule has 1 aromatic carbocycles. The number of amides is 1. The molecule has 166 valence electrons. The number of aryl methyl sites for hydroxylation is 2. The van der Waals surface area contributed by atoms with Crippen molar-refractivity contribution in [3.8, 4) is 11.4 Å². The maximum atomic E-state index is 12.8. The minimum Gasteiger partial charge on any atom is -0.383 e. The van der Waals surface area contributed by atoms with Gasteiger partial charge in [-0.1, -0.05) is 17.3 Å². The van der Waals surface area contributed by atoms with E-state index in [2.05, 4.69) is 20.4 Å². The van der Waals surface area contributed by atoms with E-state index in [-0.39, 0.29) is 17.6 Å². The lowest BCUT2D eigenvalue weighted by atomic mass is 10.1. The number of pyridine rings is 1. The molecule has 0 radical (unpaired) electrons. The van der Waals surface area contributed by atoms with Gasteiger partial charge in [0.25, 0.3) is 5.91 Å². The van der Waals surface area contributed by atoms with Crippen molar-refractivity contribution in [2.24, 2.45) is 0 Å². The molecule has 1 amide bonds. The van der Waals surface area contributed by atoms with Gasteiger partial charge in [-0.05, 0) is 43.2 Å². The molecule has 0 spiro atoms. The molecule has 8 nitrogen and oxygen atoms in total. The molecule has 0 unspecified atom stereocenters. The molecule has 3 heterocycles. The Hall–Kier alpha value is -3.73. The number of aromatic nitrogens is 4. The highest BCUT2D eigenvalue weighted by Crippen LogP contribution is 2.26. The molecule has 4 rings (SSSR count). The van der Waals surface area contributed by atoms with Gasteiger partial charge in [-0.3, -0.25) is 9.20 Å². The molecule has 0 saturated heterocycles. The van der Waals surface area contributed by atoms with Gasteiger partial charge >= 0.3 is 6.18 Å². The van der Waals surface area contributed by atoms with Crippen LogP contribution in [-0.4, -0.2) is 42.8 Å². The highest BCUT2D eigenvalue weighted by atomic mass is 19.4. The number of hydrogen-bond acceptors (Lipinski definition) is 6. The van der Waals surface area contributed by atoms with E-state index in [0.717, 1.165) is 11.1 Å². The van der Waals surface area contributed by atoms with Gasteiger partial charge in [0.1, 0.15) is 11.3 Å². The van der Waals surface area contributed by atoms with Gasteiger partial charge in [-0.25, -0.2) is 4.98 Å². The lowest BCUT2D eigenvalue weighted by molar-refractivity contribution is -0.204. The number of aliphatic hydroxyl groups is 1. The number of benzene rings is 1. The number of hydrogen-bond donors (Lipinski definition) is 2. The molecule has 0 aliphatic carbocycles. The smallest absolute Gasteiger partial charge is 0.383 e. The Labute approximate surface area is 179 Å². The van der Waals surface area contributed by atoms with E-state index in [1.807, 2.05) is 19.1 Å². The molecule has 0 bridgehead atoms. The second kappa shape index (κ2) is 8.08. The Morgan fingerprint density at radius 2 is 2.03 bits per heavy atom. The highest BCUT2D eigenvalue weighted by molar-refractivity contribution is 6.04. The first-order valence-electron chi connectivity index (χ1n) is 9.55. The summed E-state index contributed by atoms with van der Waals surface area (Å²) in [6, 6.07) is 8.67. The van der Waals surface area contributed by atoms with Crippen LogP contribution in [-0.2, 0) is 6.42 Å². The Balaban J connectivity index is 1.56. The first-order chi connectivity index (χ1) is 15.1. The van der Waals surface area contributed by atoms with Gasteiger partial charge in [0, 0.05) is 17.4 Å². The van der Waals surface area contributed by atoms with Crippen molar-refractivity contribution in [3.63, 3.8) is 0 Å². The topological polar surface area (TPSA) is 106 Å². The van der Waals surface area contributed by atoms with E-state index in [4.69, 9.17) is 4.52 Å². The summed E-state index contributed by atoms with van der Waals surface area (Å²) in [7, 11) is 0. The summed E-state index contributed by atoms with van der Waals surface area (Å²) in [5, 5.41) is 15.7. The zero-order valence-corrected chi connectivity index (χ0v) is 17.0. The van der Waals surface area contributed by atoms with Crippen LogP contribution >= 0.6 is 0 Å². The summed E-state index contributed by atoms with van der Waals surface area (Å²) in [4.78, 5) is 21.0. The molecule has 0 aliphatic heterocycles. The van der Waals surface area contributed by atoms with Crippen LogP contribution in [0.25, 0.3) is 17.0 Å². The number of nitrogens with one attached hydrogen (secondary N) is 1. The van der Waals surface area contributed by atoms with Crippen molar-refractivity contribution in [2.75, 3.05) is 5.32 Å². The molecule has 0 fully saturated rings. The monoisotopic (exact) mass is 445 g/mol. The van der Waals surface area contributed by atoms with E-state index in [1.165, 1.54) is 6.20 Å². The quantitative estimate of drug-likeness (QED) is 0.485. The summed E-state index contributed by atoms with van der Waals surface area (Å²) in [6.07, 6.45) is -5.00. The minimum absolute atomic E-state index is 0.0372. The van der Waals surface area contributed by atoms with E-state index < -0.39 is 18.7 Å². The number of imidazole rings is 1. The first-order valence-corrected chi connectivity index (χ1v) is 9.55. The van der Waals surface area contributed by atoms with Crippen molar-refractivity contribution in [3.05, 3.63) is 65.4 Å². The third-order valence-corrected chi connectivity index (χ3v) is 4.86. The lowest BCUT2D eigenvalue weighted by Crippen LogP contribution is -2.30. The van der Waals surface area contributed by atoms with Crippen LogP contribution < -0.4 is 5.32 Å². The van der Waals surface area contributed by atoms with Crippen LogP contribution in [0.5, 0.6) is 0 Å². The maximum absolute atomic E-state index is 12.8. The Bertz CT molecular complexity index is 1300. The second-order valence-electron chi connectivity index (χ2n) is 7.33. The molecule has 32 heavy (non-hydrogen) atoms. The summed E-state index contributed by atoms with van der Waals surface area (Å²) in [5.41, 5.74) is 3.64. The van der Waals surface area contributed by atoms with E-state index in [1.54, 1.807) is 35.7 Å². The van der Waals surface area contributed by atoms with Gasteiger partial charge in [-0.15, -0.1) is 0 Å². The maximum Gasteiger partial charge on any atom is 0.414 e. The largest absolute Gasteiger partial charge is 0.414 e. The first kappa shape index (κ1) is 21.5. The molecule has 3 aromatic heterocycles. The fourth-order valence-electron chi connectivity index (χ4n) is 3.07. The van der Waals surface area contributed by atoms with Gasteiger partial charge in [0.05, 0.1) is 12.6 Å². The Morgan fingerprint density at radius 3 is 2.78 bits per heavy atom.